The Kier molecular flexibility index (Phi) is 2.29. The van der Waals surface area contributed by atoms with Gasteiger partial charge in [0.15, 0.2) is 5.65 Å². The number of hydrogen-bond acceptors (Lipinski definition) is 3. The maximum atomic E-state index is 4.39. The van der Waals surface area contributed by atoms with Crippen molar-refractivity contribution in [2.24, 2.45) is 0 Å². The number of hydrogen-bond donors (Lipinski definition) is 0. The molecule has 3 heteroatoms. The predicted octanol–water partition coefficient (Wildman–Crippen LogP) is 3.00. The van der Waals surface area contributed by atoms with Crippen molar-refractivity contribution >= 4 is 11.0 Å². The molecular formula is C14H11N3. The minimum absolute atomic E-state index is 0.700. The first-order valence-electron chi connectivity index (χ1n) is 5.49. The van der Waals surface area contributed by atoms with Crippen molar-refractivity contribution in [3.63, 3.8) is 0 Å². The SMILES string of the molecule is Cc1ccc2c(-c3ccccc3)cnnc2n1. The minimum Gasteiger partial charge on any atom is -0.232 e. The van der Waals surface area contributed by atoms with E-state index in [2.05, 4.69) is 33.4 Å². The Hall–Kier alpha value is -2.29. The molecule has 0 unspecified atom stereocenters. The van der Waals surface area contributed by atoms with E-state index in [1.165, 1.54) is 0 Å². The number of aryl methyl sites for hydroxylation is 1. The second-order valence-electron chi connectivity index (χ2n) is 3.95. The molecule has 17 heavy (non-hydrogen) atoms. The number of benzene rings is 1. The van der Waals surface area contributed by atoms with Gasteiger partial charge in [-0.3, -0.25) is 0 Å². The summed E-state index contributed by atoms with van der Waals surface area (Å²) in [5.74, 6) is 0. The molecule has 2 aromatic heterocycles. The Morgan fingerprint density at radius 1 is 0.941 bits per heavy atom. The first-order valence-corrected chi connectivity index (χ1v) is 5.49. The summed E-state index contributed by atoms with van der Waals surface area (Å²) in [6, 6.07) is 14.2. The molecule has 0 aliphatic rings. The number of rotatable bonds is 1. The molecule has 0 aliphatic carbocycles. The second-order valence-corrected chi connectivity index (χ2v) is 3.95. The maximum Gasteiger partial charge on any atom is 0.182 e. The summed E-state index contributed by atoms with van der Waals surface area (Å²) in [6.45, 7) is 1.95. The Morgan fingerprint density at radius 3 is 2.59 bits per heavy atom. The number of fused-ring (bicyclic) bond motifs is 1. The van der Waals surface area contributed by atoms with Gasteiger partial charge in [-0.15, -0.1) is 5.10 Å². The lowest BCUT2D eigenvalue weighted by Crippen LogP contribution is -1.92. The molecule has 1 aromatic carbocycles. The van der Waals surface area contributed by atoms with Gasteiger partial charge in [0.05, 0.1) is 6.20 Å². The van der Waals surface area contributed by atoms with Crippen molar-refractivity contribution in [3.05, 3.63) is 54.4 Å². The molecule has 2 heterocycles. The lowest BCUT2D eigenvalue weighted by Gasteiger charge is -2.04. The quantitative estimate of drug-likeness (QED) is 0.634. The van der Waals surface area contributed by atoms with Gasteiger partial charge in [-0.2, -0.15) is 5.10 Å². The van der Waals surface area contributed by atoms with Gasteiger partial charge in [-0.1, -0.05) is 30.3 Å². The highest BCUT2D eigenvalue weighted by atomic mass is 15.1. The molecule has 82 valence electrons. The predicted molar refractivity (Wildman–Crippen MR) is 67.5 cm³/mol. The van der Waals surface area contributed by atoms with E-state index in [1.807, 2.05) is 31.2 Å². The summed E-state index contributed by atoms with van der Waals surface area (Å²) in [5.41, 5.74) is 3.87. The summed E-state index contributed by atoms with van der Waals surface area (Å²) in [5, 5.41) is 9.12. The summed E-state index contributed by atoms with van der Waals surface area (Å²) in [7, 11) is 0. The van der Waals surface area contributed by atoms with Crippen LogP contribution in [0.4, 0.5) is 0 Å². The molecule has 0 saturated carbocycles. The highest BCUT2D eigenvalue weighted by Gasteiger charge is 2.05. The largest absolute Gasteiger partial charge is 0.232 e. The van der Waals surface area contributed by atoms with Gasteiger partial charge >= 0.3 is 0 Å². The van der Waals surface area contributed by atoms with Gasteiger partial charge in [-0.05, 0) is 24.6 Å². The summed E-state index contributed by atoms with van der Waals surface area (Å²) in [4.78, 5) is 4.39. The van der Waals surface area contributed by atoms with E-state index < -0.39 is 0 Å². The fraction of sp³-hybridized carbons (Fsp3) is 0.0714. The topological polar surface area (TPSA) is 38.7 Å². The Bertz CT molecular complexity index is 663. The lowest BCUT2D eigenvalue weighted by molar-refractivity contribution is 1.04. The zero-order valence-corrected chi connectivity index (χ0v) is 9.46. The second kappa shape index (κ2) is 3.94. The summed E-state index contributed by atoms with van der Waals surface area (Å²) in [6.07, 6.45) is 1.79. The standard InChI is InChI=1S/C14H11N3/c1-10-7-8-12-13(9-15-17-14(12)16-10)11-5-3-2-4-6-11/h2-9H,1H3. The van der Waals surface area contributed by atoms with Crippen LogP contribution in [-0.4, -0.2) is 15.2 Å². The fourth-order valence-corrected chi connectivity index (χ4v) is 1.89. The normalized spacial score (nSPS) is 10.6. The highest BCUT2D eigenvalue weighted by Crippen LogP contribution is 2.25. The number of pyridine rings is 1. The van der Waals surface area contributed by atoms with Gasteiger partial charge in [0.1, 0.15) is 0 Å². The van der Waals surface area contributed by atoms with Crippen molar-refractivity contribution in [1.82, 2.24) is 15.2 Å². The molecule has 0 bridgehead atoms. The van der Waals surface area contributed by atoms with Crippen LogP contribution in [0.2, 0.25) is 0 Å². The van der Waals surface area contributed by atoms with Crippen molar-refractivity contribution in [2.45, 2.75) is 6.92 Å². The monoisotopic (exact) mass is 221 g/mol. The Labute approximate surface area is 99.2 Å². The van der Waals surface area contributed by atoms with E-state index in [4.69, 9.17) is 0 Å². The van der Waals surface area contributed by atoms with Gasteiger partial charge < -0.3 is 0 Å². The van der Waals surface area contributed by atoms with Crippen molar-refractivity contribution in [1.29, 1.82) is 0 Å². The zero-order valence-electron chi connectivity index (χ0n) is 9.46. The molecule has 0 saturated heterocycles. The van der Waals surface area contributed by atoms with Crippen LogP contribution in [0.3, 0.4) is 0 Å². The molecule has 3 rings (SSSR count). The smallest absolute Gasteiger partial charge is 0.182 e. The van der Waals surface area contributed by atoms with Gasteiger partial charge in [0, 0.05) is 16.6 Å². The molecule has 0 spiro atoms. The van der Waals surface area contributed by atoms with Crippen LogP contribution >= 0.6 is 0 Å². The zero-order chi connectivity index (χ0) is 11.7. The minimum atomic E-state index is 0.700. The molecule has 0 atom stereocenters. The molecule has 0 aliphatic heterocycles. The molecule has 3 nitrogen and oxygen atoms in total. The third kappa shape index (κ3) is 1.76. The molecule has 3 aromatic rings. The van der Waals surface area contributed by atoms with Crippen molar-refractivity contribution in [2.75, 3.05) is 0 Å². The molecule has 0 amide bonds. The van der Waals surface area contributed by atoms with Crippen molar-refractivity contribution in [3.8, 4) is 11.1 Å². The average Bonchev–Trinajstić information content (AvgIpc) is 2.39. The summed E-state index contributed by atoms with van der Waals surface area (Å²) >= 11 is 0. The van der Waals surface area contributed by atoms with Crippen LogP contribution in [0.1, 0.15) is 5.69 Å². The van der Waals surface area contributed by atoms with Crippen LogP contribution in [0.15, 0.2) is 48.7 Å². The fourth-order valence-electron chi connectivity index (χ4n) is 1.89. The van der Waals surface area contributed by atoms with Gasteiger partial charge in [0.2, 0.25) is 0 Å². The first-order chi connectivity index (χ1) is 8.34. The molecule has 0 N–H and O–H groups in total. The highest BCUT2D eigenvalue weighted by molar-refractivity contribution is 5.91. The third-order valence-electron chi connectivity index (χ3n) is 2.73. The van der Waals surface area contributed by atoms with Crippen LogP contribution in [0.25, 0.3) is 22.2 Å². The Morgan fingerprint density at radius 2 is 1.76 bits per heavy atom. The van der Waals surface area contributed by atoms with Crippen molar-refractivity contribution < 1.29 is 0 Å². The molecule has 0 radical (unpaired) electrons. The van der Waals surface area contributed by atoms with E-state index in [-0.39, 0.29) is 0 Å². The van der Waals surface area contributed by atoms with E-state index in [0.717, 1.165) is 22.2 Å². The van der Waals surface area contributed by atoms with E-state index in [9.17, 15) is 0 Å². The van der Waals surface area contributed by atoms with Crippen LogP contribution in [0, 0.1) is 6.92 Å². The van der Waals surface area contributed by atoms with Gasteiger partial charge in [-0.25, -0.2) is 4.98 Å². The molecular weight excluding hydrogens is 210 g/mol. The van der Waals surface area contributed by atoms with E-state index >= 15 is 0 Å². The number of aromatic nitrogens is 3. The average molecular weight is 221 g/mol. The maximum absolute atomic E-state index is 4.39. The first kappa shape index (κ1) is 9.90. The van der Waals surface area contributed by atoms with Crippen LogP contribution < -0.4 is 0 Å². The third-order valence-corrected chi connectivity index (χ3v) is 2.73. The lowest BCUT2D eigenvalue weighted by atomic mass is 10.0. The Balaban J connectivity index is 2.31. The van der Waals surface area contributed by atoms with Crippen LogP contribution in [0.5, 0.6) is 0 Å². The number of nitrogens with zero attached hydrogens (tertiary/aromatic N) is 3. The van der Waals surface area contributed by atoms with Gasteiger partial charge in [0.25, 0.3) is 0 Å². The van der Waals surface area contributed by atoms with E-state index in [0.29, 0.717) is 5.65 Å². The van der Waals surface area contributed by atoms with Crippen LogP contribution in [-0.2, 0) is 0 Å². The van der Waals surface area contributed by atoms with E-state index in [1.54, 1.807) is 6.20 Å². The molecule has 0 fully saturated rings. The summed E-state index contributed by atoms with van der Waals surface area (Å²) < 4.78 is 0.